The van der Waals surface area contributed by atoms with Crippen LogP contribution in [0.1, 0.15) is 5.56 Å². The van der Waals surface area contributed by atoms with Crippen LogP contribution in [-0.4, -0.2) is 16.7 Å². The van der Waals surface area contributed by atoms with Crippen molar-refractivity contribution in [1.29, 1.82) is 5.26 Å². The Hall–Kier alpha value is -2.10. The van der Waals surface area contributed by atoms with E-state index in [0.29, 0.717) is 16.1 Å². The molecule has 6 heteroatoms. The van der Waals surface area contributed by atoms with E-state index in [4.69, 9.17) is 22.2 Å². The van der Waals surface area contributed by atoms with Crippen LogP contribution in [-0.2, 0) is 0 Å². The molecule has 21 heavy (non-hydrogen) atoms. The fraction of sp³-hybridized carbons (Fsp3) is 0.0667. The smallest absolute Gasteiger partial charge is 0.182 e. The van der Waals surface area contributed by atoms with Gasteiger partial charge in [0.2, 0.25) is 0 Å². The van der Waals surface area contributed by atoms with Crippen LogP contribution in [0.2, 0.25) is 0 Å². The number of fused-ring (bicyclic) bond motifs is 1. The van der Waals surface area contributed by atoms with Crippen LogP contribution >= 0.6 is 28.1 Å². The van der Waals surface area contributed by atoms with Crippen LogP contribution in [0.25, 0.3) is 16.7 Å². The van der Waals surface area contributed by atoms with Gasteiger partial charge in [-0.15, -0.1) is 0 Å². The standard InChI is InChI=1S/C15H10BrN3OS/c1-20-14-6-9(8-17)2-4-13(14)19-12-5-3-10(16)7-11(12)18-15(19)21/h2-7H,1H3,(H,18,21). The molecule has 0 spiro atoms. The summed E-state index contributed by atoms with van der Waals surface area (Å²) in [4.78, 5) is 3.17. The second kappa shape index (κ2) is 5.35. The Morgan fingerprint density at radius 1 is 1.29 bits per heavy atom. The molecule has 0 unspecified atom stereocenters. The number of H-pyrrole nitrogens is 1. The highest BCUT2D eigenvalue weighted by Gasteiger charge is 2.12. The number of nitrogens with zero attached hydrogens (tertiary/aromatic N) is 2. The molecule has 0 fully saturated rings. The summed E-state index contributed by atoms with van der Waals surface area (Å²) in [5.74, 6) is 0.606. The number of benzene rings is 2. The van der Waals surface area contributed by atoms with Gasteiger partial charge in [0.15, 0.2) is 4.77 Å². The number of aromatic amines is 1. The van der Waals surface area contributed by atoms with E-state index in [1.807, 2.05) is 28.8 Å². The third-order valence-electron chi connectivity index (χ3n) is 3.19. The Labute approximate surface area is 134 Å². The molecule has 1 heterocycles. The Morgan fingerprint density at radius 3 is 2.81 bits per heavy atom. The van der Waals surface area contributed by atoms with Gasteiger partial charge in [-0.1, -0.05) is 15.9 Å². The summed E-state index contributed by atoms with van der Waals surface area (Å²) in [5.41, 5.74) is 3.23. The topological polar surface area (TPSA) is 53.7 Å². The van der Waals surface area contributed by atoms with Crippen molar-refractivity contribution in [3.8, 4) is 17.5 Å². The molecule has 4 nitrogen and oxygen atoms in total. The molecule has 2 aromatic carbocycles. The van der Waals surface area contributed by atoms with Crippen molar-refractivity contribution in [3.63, 3.8) is 0 Å². The molecule has 0 aliphatic rings. The van der Waals surface area contributed by atoms with E-state index in [1.165, 1.54) is 0 Å². The molecule has 104 valence electrons. The molecule has 0 bridgehead atoms. The van der Waals surface area contributed by atoms with E-state index in [9.17, 15) is 0 Å². The molecule has 0 saturated heterocycles. The number of ether oxygens (including phenoxy) is 1. The molecule has 1 aromatic heterocycles. The van der Waals surface area contributed by atoms with Crippen molar-refractivity contribution in [2.45, 2.75) is 0 Å². The molecule has 0 aliphatic heterocycles. The summed E-state index contributed by atoms with van der Waals surface area (Å²) >= 11 is 8.86. The number of aromatic nitrogens is 2. The van der Waals surface area contributed by atoms with Crippen LogP contribution in [0, 0.1) is 16.1 Å². The van der Waals surface area contributed by atoms with Crippen molar-refractivity contribution >= 4 is 39.2 Å². The van der Waals surface area contributed by atoms with Crippen molar-refractivity contribution < 1.29 is 4.74 Å². The zero-order chi connectivity index (χ0) is 15.0. The second-order valence-corrected chi connectivity index (χ2v) is 5.73. The Bertz CT molecular complexity index is 936. The largest absolute Gasteiger partial charge is 0.495 e. The van der Waals surface area contributed by atoms with E-state index in [-0.39, 0.29) is 0 Å². The van der Waals surface area contributed by atoms with Gasteiger partial charge in [0.25, 0.3) is 0 Å². The van der Waals surface area contributed by atoms with E-state index < -0.39 is 0 Å². The number of nitrogens with one attached hydrogen (secondary N) is 1. The van der Waals surface area contributed by atoms with Crippen molar-refractivity contribution in [1.82, 2.24) is 9.55 Å². The maximum Gasteiger partial charge on any atom is 0.182 e. The molecule has 3 aromatic rings. The van der Waals surface area contributed by atoms with Gasteiger partial charge < -0.3 is 9.72 Å². The zero-order valence-corrected chi connectivity index (χ0v) is 13.5. The summed E-state index contributed by atoms with van der Waals surface area (Å²) in [6.07, 6.45) is 0. The highest BCUT2D eigenvalue weighted by atomic mass is 79.9. The van der Waals surface area contributed by atoms with Gasteiger partial charge in [0.05, 0.1) is 35.5 Å². The Kier molecular flexibility index (Phi) is 3.53. The lowest BCUT2D eigenvalue weighted by Crippen LogP contribution is -1.98. The number of nitriles is 1. The van der Waals surface area contributed by atoms with Gasteiger partial charge in [0, 0.05) is 10.5 Å². The minimum atomic E-state index is 0.546. The van der Waals surface area contributed by atoms with E-state index >= 15 is 0 Å². The van der Waals surface area contributed by atoms with E-state index in [2.05, 4.69) is 27.0 Å². The molecule has 0 saturated carbocycles. The number of halogens is 1. The van der Waals surface area contributed by atoms with Gasteiger partial charge in [0.1, 0.15) is 5.75 Å². The second-order valence-electron chi connectivity index (χ2n) is 4.43. The first-order chi connectivity index (χ1) is 10.1. The van der Waals surface area contributed by atoms with Crippen LogP contribution in [0.3, 0.4) is 0 Å². The number of rotatable bonds is 2. The Morgan fingerprint density at radius 2 is 2.10 bits per heavy atom. The molecular formula is C15H10BrN3OS. The fourth-order valence-electron chi connectivity index (χ4n) is 2.25. The predicted molar refractivity (Wildman–Crippen MR) is 87.4 cm³/mol. The number of imidazole rings is 1. The average Bonchev–Trinajstić information content (AvgIpc) is 2.81. The van der Waals surface area contributed by atoms with E-state index in [1.54, 1.807) is 19.2 Å². The van der Waals surface area contributed by atoms with Crippen LogP contribution < -0.4 is 4.74 Å². The zero-order valence-electron chi connectivity index (χ0n) is 11.1. The molecule has 0 amide bonds. The lowest BCUT2D eigenvalue weighted by Gasteiger charge is -2.10. The van der Waals surface area contributed by atoms with E-state index in [0.717, 1.165) is 21.2 Å². The quantitative estimate of drug-likeness (QED) is 0.692. The maximum absolute atomic E-state index is 8.99. The summed E-state index contributed by atoms with van der Waals surface area (Å²) < 4.78 is 8.85. The maximum atomic E-state index is 8.99. The molecule has 0 atom stereocenters. The van der Waals surface area contributed by atoms with Crippen molar-refractivity contribution in [2.75, 3.05) is 7.11 Å². The first-order valence-electron chi connectivity index (χ1n) is 6.13. The third-order valence-corrected chi connectivity index (χ3v) is 3.97. The monoisotopic (exact) mass is 359 g/mol. The van der Waals surface area contributed by atoms with Crippen molar-refractivity contribution in [2.24, 2.45) is 0 Å². The summed E-state index contributed by atoms with van der Waals surface area (Å²) in [5, 5.41) is 8.99. The minimum Gasteiger partial charge on any atom is -0.495 e. The normalized spacial score (nSPS) is 10.5. The van der Waals surface area contributed by atoms with Gasteiger partial charge in [-0.05, 0) is 42.5 Å². The molecule has 3 rings (SSSR count). The number of hydrogen-bond donors (Lipinski definition) is 1. The highest BCUT2D eigenvalue weighted by molar-refractivity contribution is 9.10. The third kappa shape index (κ3) is 2.35. The van der Waals surface area contributed by atoms with Gasteiger partial charge in [-0.2, -0.15) is 5.26 Å². The lowest BCUT2D eigenvalue weighted by molar-refractivity contribution is 0.413. The minimum absolute atomic E-state index is 0.546. The summed E-state index contributed by atoms with van der Waals surface area (Å²) in [6, 6.07) is 13.3. The van der Waals surface area contributed by atoms with Crippen LogP contribution in [0.5, 0.6) is 5.75 Å². The molecule has 0 radical (unpaired) electrons. The summed E-state index contributed by atoms with van der Waals surface area (Å²) in [6.45, 7) is 0. The van der Waals surface area contributed by atoms with Gasteiger partial charge in [-0.25, -0.2) is 0 Å². The predicted octanol–water partition coefficient (Wildman–Crippen LogP) is 4.33. The Balaban J connectivity index is 2.33. The first kappa shape index (κ1) is 13.9. The van der Waals surface area contributed by atoms with Crippen molar-refractivity contribution in [3.05, 3.63) is 51.2 Å². The molecular weight excluding hydrogens is 350 g/mol. The lowest BCUT2D eigenvalue weighted by atomic mass is 10.2. The number of methoxy groups -OCH3 is 1. The molecule has 1 N–H and O–H groups in total. The molecule has 0 aliphatic carbocycles. The number of hydrogen-bond acceptors (Lipinski definition) is 3. The fourth-order valence-corrected chi connectivity index (χ4v) is 2.92. The van der Waals surface area contributed by atoms with Crippen LogP contribution in [0.15, 0.2) is 40.9 Å². The highest BCUT2D eigenvalue weighted by Crippen LogP contribution is 2.29. The van der Waals surface area contributed by atoms with Gasteiger partial charge >= 0.3 is 0 Å². The first-order valence-corrected chi connectivity index (χ1v) is 7.33. The average molecular weight is 360 g/mol. The SMILES string of the molecule is COc1cc(C#N)ccc1-n1c(=S)[nH]c2cc(Br)ccc21. The van der Waals surface area contributed by atoms with Crippen LogP contribution in [0.4, 0.5) is 0 Å². The van der Waals surface area contributed by atoms with Gasteiger partial charge in [-0.3, -0.25) is 4.57 Å². The summed E-state index contributed by atoms with van der Waals surface area (Å²) in [7, 11) is 1.58.